The lowest BCUT2D eigenvalue weighted by Crippen LogP contribution is -2.37. The number of rotatable bonds is 10. The smallest absolute Gasteiger partial charge is 0.389 e. The van der Waals surface area contributed by atoms with E-state index in [0.29, 0.717) is 34.9 Å². The fraction of sp³-hybridized carbons (Fsp3) is 0.378. The number of esters is 1. The van der Waals surface area contributed by atoms with Crippen molar-refractivity contribution in [3.8, 4) is 11.5 Å². The Morgan fingerprint density at radius 1 is 0.797 bits per heavy atom. The zero-order valence-electron chi connectivity index (χ0n) is 33.9. The normalized spacial score (nSPS) is 29.7. The van der Waals surface area contributed by atoms with Gasteiger partial charge in [-0.05, 0) is 59.8 Å². The molecule has 0 bridgehead atoms. The number of nitrogens with zero attached hydrogens (tertiary/aromatic N) is 8. The Kier molecular flexibility index (Phi) is 12.4. The largest absolute Gasteiger partial charge is 0.494 e. The summed E-state index contributed by atoms with van der Waals surface area (Å²) in [4.78, 5) is 37.4. The Balaban J connectivity index is 0.975. The molecule has 3 aliphatic heterocycles. The highest BCUT2D eigenvalue weighted by molar-refractivity contribution is 8.54. The van der Waals surface area contributed by atoms with Crippen LogP contribution < -0.4 is 20.9 Å². The molecule has 0 saturated carbocycles. The Morgan fingerprint density at radius 2 is 1.34 bits per heavy atom. The number of hydrogen-bond donors (Lipinski definition) is 2. The molecule has 2 aromatic carbocycles. The highest BCUT2D eigenvalue weighted by Gasteiger charge is 2.54. The zero-order chi connectivity index (χ0) is 44.8. The van der Waals surface area contributed by atoms with Crippen molar-refractivity contribution in [3.63, 3.8) is 0 Å². The van der Waals surface area contributed by atoms with Crippen molar-refractivity contribution in [2.75, 3.05) is 31.3 Å². The summed E-state index contributed by atoms with van der Waals surface area (Å²) >= 11 is 0.699. The van der Waals surface area contributed by atoms with Crippen LogP contribution in [0, 0.1) is 0 Å². The first-order valence-electron chi connectivity index (χ1n) is 19.8. The molecule has 3 aliphatic rings. The van der Waals surface area contributed by atoms with Gasteiger partial charge < -0.3 is 39.5 Å². The van der Waals surface area contributed by atoms with Crippen LogP contribution in [-0.2, 0) is 42.5 Å². The number of ether oxygens (including phenoxy) is 4. The molecule has 0 amide bonds. The Hall–Kier alpha value is -5.10. The van der Waals surface area contributed by atoms with Gasteiger partial charge in [-0.15, -0.1) is 0 Å². The second-order valence-corrected chi connectivity index (χ2v) is 20.9. The van der Waals surface area contributed by atoms with Crippen LogP contribution >= 0.6 is 25.7 Å². The first kappa shape index (κ1) is 44.1. The van der Waals surface area contributed by atoms with Crippen LogP contribution in [-0.4, -0.2) is 109 Å². The summed E-state index contributed by atoms with van der Waals surface area (Å²) in [5.41, 5.74) is 13.5. The molecule has 4 N–H and O–H groups in total. The van der Waals surface area contributed by atoms with Crippen molar-refractivity contribution in [1.29, 1.82) is 0 Å². The van der Waals surface area contributed by atoms with Gasteiger partial charge in [0.15, 0.2) is 47.7 Å². The third-order valence-corrected chi connectivity index (χ3v) is 15.3. The SMILES string of the molecule is B[P@]1(=O)OC[C@H]2O[C@@H](n3cnc4c(N)ncnc43)[C@H](F)[C@@H]2O[P@@](=O)(SCc2ccc(OC(=O)c3ccc(OCCC)cc3)cc2)OC[C@H]2O[C@@H](n3cnc4c(N)ncnc43)[C@H](F)[C@@H]2O1. The Morgan fingerprint density at radius 3 is 1.92 bits per heavy atom. The van der Waals surface area contributed by atoms with Crippen molar-refractivity contribution in [1.82, 2.24) is 39.0 Å². The minimum absolute atomic E-state index is 0.0334. The van der Waals surface area contributed by atoms with Gasteiger partial charge >= 0.3 is 12.8 Å². The van der Waals surface area contributed by atoms with Gasteiger partial charge in [0.1, 0.15) is 59.6 Å². The van der Waals surface area contributed by atoms with Gasteiger partial charge in [0.05, 0.1) is 38.0 Å². The fourth-order valence-electron chi connectivity index (χ4n) is 7.22. The van der Waals surface area contributed by atoms with Crippen LogP contribution in [0.4, 0.5) is 20.4 Å². The molecule has 3 fully saturated rings. The number of carbonyl (C=O) groups is 1. The Labute approximate surface area is 367 Å². The molecule has 0 unspecified atom stereocenters. The molecular formula is C37H39BF2N10O11P2S. The van der Waals surface area contributed by atoms with E-state index in [2.05, 4.69) is 29.9 Å². The molecule has 3 saturated heterocycles. The number of aromatic nitrogens is 8. The van der Waals surface area contributed by atoms with Gasteiger partial charge in [0, 0.05) is 5.75 Å². The lowest BCUT2D eigenvalue weighted by atomic mass is 10.1. The molecule has 4 aromatic heterocycles. The summed E-state index contributed by atoms with van der Waals surface area (Å²) in [5, 5.41) is 0. The van der Waals surface area contributed by atoms with Gasteiger partial charge in [-0.25, -0.2) is 48.0 Å². The second-order valence-electron chi connectivity index (χ2n) is 14.8. The van der Waals surface area contributed by atoms with Crippen LogP contribution in [0.3, 0.4) is 0 Å². The van der Waals surface area contributed by atoms with Crippen LogP contribution in [0.25, 0.3) is 22.3 Å². The maximum absolute atomic E-state index is 16.8. The number of benzene rings is 2. The zero-order valence-corrected chi connectivity index (χ0v) is 36.5. The van der Waals surface area contributed by atoms with Crippen molar-refractivity contribution < 1.29 is 59.7 Å². The van der Waals surface area contributed by atoms with Crippen molar-refractivity contribution in [2.24, 2.45) is 0 Å². The van der Waals surface area contributed by atoms with Crippen molar-refractivity contribution in [3.05, 3.63) is 85.0 Å². The van der Waals surface area contributed by atoms with E-state index in [4.69, 9.17) is 48.5 Å². The molecule has 10 atom stereocenters. The number of imidazole rings is 2. The first-order valence-corrected chi connectivity index (χ1v) is 24.9. The van der Waals surface area contributed by atoms with E-state index in [1.165, 1.54) is 34.4 Å². The average molecular weight is 943 g/mol. The number of nitrogens with two attached hydrogens (primary N) is 2. The summed E-state index contributed by atoms with van der Waals surface area (Å²) in [6.07, 6.45) is -7.44. The maximum Gasteiger partial charge on any atom is 0.389 e. The van der Waals surface area contributed by atoms with Gasteiger partial charge in [0.25, 0.3) is 15.0 Å². The topological polar surface area (TPSA) is 264 Å². The van der Waals surface area contributed by atoms with Gasteiger partial charge in [-0.2, -0.15) is 0 Å². The monoisotopic (exact) mass is 942 g/mol. The predicted molar refractivity (Wildman–Crippen MR) is 227 cm³/mol. The molecule has 9 rings (SSSR count). The number of fused-ring (bicyclic) bond motifs is 4. The van der Waals surface area contributed by atoms with E-state index in [0.717, 1.165) is 14.0 Å². The third-order valence-electron chi connectivity index (χ3n) is 10.4. The molecule has 0 radical (unpaired) electrons. The number of alkyl halides is 2. The van der Waals surface area contributed by atoms with E-state index in [9.17, 15) is 13.9 Å². The fourth-order valence-corrected chi connectivity index (χ4v) is 11.8. The molecule has 27 heteroatoms. The lowest BCUT2D eigenvalue weighted by molar-refractivity contribution is -0.0546. The molecule has 21 nitrogen and oxygen atoms in total. The van der Waals surface area contributed by atoms with E-state index in [1.54, 1.807) is 48.5 Å². The summed E-state index contributed by atoms with van der Waals surface area (Å²) < 4.78 is 112. The second kappa shape index (κ2) is 18.1. The average Bonchev–Trinajstić information content (AvgIpc) is 4.06. The predicted octanol–water partition coefficient (Wildman–Crippen LogP) is 4.91. The van der Waals surface area contributed by atoms with Gasteiger partial charge in [-0.3, -0.25) is 22.7 Å². The molecular weight excluding hydrogens is 903 g/mol. The number of halogens is 2. The van der Waals surface area contributed by atoms with E-state index in [1.807, 2.05) is 6.92 Å². The molecule has 0 aliphatic carbocycles. The van der Waals surface area contributed by atoms with Crippen LogP contribution in [0.5, 0.6) is 11.5 Å². The molecule has 0 spiro atoms. The van der Waals surface area contributed by atoms with Crippen LogP contribution in [0.15, 0.2) is 73.8 Å². The first-order chi connectivity index (χ1) is 30.8. The van der Waals surface area contributed by atoms with E-state index >= 15 is 8.78 Å². The van der Waals surface area contributed by atoms with Crippen molar-refractivity contribution >= 4 is 73.2 Å². The summed E-state index contributed by atoms with van der Waals surface area (Å²) in [7, 11) is -3.08. The molecule has 64 heavy (non-hydrogen) atoms. The number of hydrogen-bond acceptors (Lipinski definition) is 20. The van der Waals surface area contributed by atoms with Crippen LogP contribution in [0.2, 0.25) is 0 Å². The quantitative estimate of drug-likeness (QED) is 0.0800. The van der Waals surface area contributed by atoms with E-state index in [-0.39, 0.29) is 45.5 Å². The standard InChI is InChI=1S/C37H39BF2N10O11P2S/c1-2-11-54-21-9-5-20(6-10-21)37(51)57-22-7-3-19(4-8-22)14-64-63(53)56-13-24-29(25(39)35(59-24)49-17-47-27-31(41)43-15-45-33(27)49)60-62(38,52)55-12-23-30(61-63)26(40)36(58-23)50-18-48-28-32(42)44-16-46-34(28)50/h3-10,15-18,23-26,29-30,35-36H,2,11-14,38H2,1H3,(H2,41,43,45)(H2,42,44,46)/t23-,24-,25-,26-,29-,30-,35-,36-,62+,63+/m1/s1. The van der Waals surface area contributed by atoms with Crippen LogP contribution in [0.1, 0.15) is 41.7 Å². The summed E-state index contributed by atoms with van der Waals surface area (Å²) in [5.74, 6) is 0.318. The van der Waals surface area contributed by atoms with Gasteiger partial charge in [-0.1, -0.05) is 19.1 Å². The maximum atomic E-state index is 16.8. The van der Waals surface area contributed by atoms with Gasteiger partial charge in [0.2, 0.25) is 0 Å². The summed E-state index contributed by atoms with van der Waals surface area (Å²) in [6, 6.07) is 12.9. The highest BCUT2D eigenvalue weighted by atomic mass is 32.7. The molecule has 7 heterocycles. The molecule has 6 aromatic rings. The number of nitrogen functional groups attached to an aromatic ring is 2. The number of carbonyl (C=O) groups excluding carboxylic acids is 1. The third kappa shape index (κ3) is 8.96. The number of anilines is 2. The Bertz CT molecular complexity index is 2760. The van der Waals surface area contributed by atoms with E-state index < -0.39 is 82.7 Å². The lowest BCUT2D eigenvalue weighted by Gasteiger charge is -2.30. The summed E-state index contributed by atoms with van der Waals surface area (Å²) in [6.45, 7) is -3.26. The molecule has 336 valence electrons. The minimum atomic E-state index is -4.52. The van der Waals surface area contributed by atoms with Crippen molar-refractivity contribution in [2.45, 2.75) is 68.3 Å². The highest BCUT2D eigenvalue weighted by Crippen LogP contribution is 2.65. The minimum Gasteiger partial charge on any atom is -0.494 e.